The first-order valence-electron chi connectivity index (χ1n) is 8.69. The molecule has 1 aliphatic heterocycles. The van der Waals surface area contributed by atoms with Crippen molar-refractivity contribution in [2.45, 2.75) is 22.1 Å². The summed E-state index contributed by atoms with van der Waals surface area (Å²) in [5.41, 5.74) is 2.18. The van der Waals surface area contributed by atoms with Crippen molar-refractivity contribution in [1.82, 2.24) is 4.31 Å². The molecule has 0 aliphatic carbocycles. The number of sulfonamides is 2. The topological polar surface area (TPSA) is 83.6 Å². The minimum Gasteiger partial charge on any atom is -0.280 e. The number of hydrogen-bond acceptors (Lipinski definition) is 5. The van der Waals surface area contributed by atoms with Gasteiger partial charge in [0.05, 0.1) is 4.90 Å². The molecule has 0 atom stereocenters. The second-order valence-corrected chi connectivity index (χ2v) is 11.8. The molecule has 0 saturated heterocycles. The monoisotopic (exact) mass is 468 g/mol. The SMILES string of the molecule is O=S(=O)(Nc1ccc2c(c1)CN(S(=O)(=O)c1cccs1)CC2)c1ccc(Cl)cc1. The average Bonchev–Trinajstić information content (AvgIpc) is 3.23. The highest BCUT2D eigenvalue weighted by molar-refractivity contribution is 7.92. The van der Waals surface area contributed by atoms with Crippen LogP contribution in [0.5, 0.6) is 0 Å². The Hall–Kier alpha value is -1.91. The minimum atomic E-state index is -3.77. The van der Waals surface area contributed by atoms with E-state index in [2.05, 4.69) is 4.72 Å². The van der Waals surface area contributed by atoms with Gasteiger partial charge in [0.15, 0.2) is 0 Å². The maximum atomic E-state index is 12.8. The molecule has 152 valence electrons. The zero-order valence-electron chi connectivity index (χ0n) is 15.1. The van der Waals surface area contributed by atoms with Crippen molar-refractivity contribution in [1.29, 1.82) is 0 Å². The van der Waals surface area contributed by atoms with Crippen molar-refractivity contribution in [2.24, 2.45) is 0 Å². The highest BCUT2D eigenvalue weighted by Gasteiger charge is 2.29. The molecule has 0 spiro atoms. The first-order valence-corrected chi connectivity index (χ1v) is 12.9. The largest absolute Gasteiger partial charge is 0.280 e. The molecule has 2 heterocycles. The fourth-order valence-electron chi connectivity index (χ4n) is 3.17. The van der Waals surface area contributed by atoms with Gasteiger partial charge in [0.1, 0.15) is 4.21 Å². The van der Waals surface area contributed by atoms with Gasteiger partial charge >= 0.3 is 0 Å². The summed E-state index contributed by atoms with van der Waals surface area (Å²) in [7, 11) is -7.33. The predicted molar refractivity (Wildman–Crippen MR) is 114 cm³/mol. The fourth-order valence-corrected chi connectivity index (χ4v) is 6.90. The van der Waals surface area contributed by atoms with E-state index in [1.807, 2.05) is 6.07 Å². The lowest BCUT2D eigenvalue weighted by Gasteiger charge is -2.28. The number of thiophene rings is 1. The second kappa shape index (κ2) is 7.73. The van der Waals surface area contributed by atoms with Crippen molar-refractivity contribution in [3.05, 3.63) is 76.1 Å². The summed E-state index contributed by atoms with van der Waals surface area (Å²) < 4.78 is 55.1. The number of halogens is 1. The quantitative estimate of drug-likeness (QED) is 0.614. The van der Waals surface area contributed by atoms with Crippen LogP contribution in [0.25, 0.3) is 0 Å². The molecule has 4 rings (SSSR count). The van der Waals surface area contributed by atoms with Gasteiger partial charge in [0.25, 0.3) is 20.0 Å². The molecular formula is C19H17ClN2O4S3. The molecule has 0 saturated carbocycles. The van der Waals surface area contributed by atoms with E-state index >= 15 is 0 Å². The molecule has 0 fully saturated rings. The van der Waals surface area contributed by atoms with Gasteiger partial charge in [-0.05, 0) is 65.4 Å². The molecule has 0 bridgehead atoms. The van der Waals surface area contributed by atoms with E-state index in [1.165, 1.54) is 39.9 Å². The standard InChI is InChI=1S/C19H17ClN2O4S3/c20-16-4-7-18(8-5-16)28(23,24)21-17-6-3-14-9-10-22(13-15(14)12-17)29(25,26)19-2-1-11-27-19/h1-8,11-12,21H,9-10,13H2. The molecule has 29 heavy (non-hydrogen) atoms. The smallest absolute Gasteiger partial charge is 0.261 e. The molecule has 3 aromatic rings. The van der Waals surface area contributed by atoms with Crippen molar-refractivity contribution in [3.8, 4) is 0 Å². The summed E-state index contributed by atoms with van der Waals surface area (Å²) in [6, 6.07) is 14.4. The second-order valence-electron chi connectivity index (χ2n) is 6.56. The summed E-state index contributed by atoms with van der Waals surface area (Å²) in [6.07, 6.45) is 0.574. The van der Waals surface area contributed by atoms with Gasteiger partial charge < -0.3 is 0 Å². The number of rotatable bonds is 5. The van der Waals surface area contributed by atoms with E-state index < -0.39 is 20.0 Å². The van der Waals surface area contributed by atoms with E-state index in [0.29, 0.717) is 27.9 Å². The molecule has 1 aromatic heterocycles. The van der Waals surface area contributed by atoms with Gasteiger partial charge in [-0.25, -0.2) is 16.8 Å². The van der Waals surface area contributed by atoms with Gasteiger partial charge in [-0.3, -0.25) is 4.72 Å². The van der Waals surface area contributed by atoms with E-state index in [0.717, 1.165) is 11.1 Å². The van der Waals surface area contributed by atoms with Crippen molar-refractivity contribution in [3.63, 3.8) is 0 Å². The van der Waals surface area contributed by atoms with Crippen LogP contribution in [0.2, 0.25) is 5.02 Å². The van der Waals surface area contributed by atoms with Gasteiger partial charge in [-0.2, -0.15) is 4.31 Å². The van der Waals surface area contributed by atoms with E-state index in [9.17, 15) is 16.8 Å². The van der Waals surface area contributed by atoms with Gasteiger partial charge in [0.2, 0.25) is 0 Å². The maximum Gasteiger partial charge on any atom is 0.261 e. The normalized spacial score (nSPS) is 15.1. The van der Waals surface area contributed by atoms with Crippen LogP contribution >= 0.6 is 22.9 Å². The van der Waals surface area contributed by atoms with Crippen LogP contribution in [0.15, 0.2) is 69.1 Å². The minimum absolute atomic E-state index is 0.0986. The van der Waals surface area contributed by atoms with Crippen molar-refractivity contribution < 1.29 is 16.8 Å². The van der Waals surface area contributed by atoms with Crippen LogP contribution in [-0.2, 0) is 33.0 Å². The molecule has 1 N–H and O–H groups in total. The van der Waals surface area contributed by atoms with Crippen LogP contribution in [-0.4, -0.2) is 27.7 Å². The number of hydrogen-bond donors (Lipinski definition) is 1. The van der Waals surface area contributed by atoms with Crippen LogP contribution in [0, 0.1) is 0 Å². The van der Waals surface area contributed by atoms with E-state index in [4.69, 9.17) is 11.6 Å². The Kier molecular flexibility index (Phi) is 5.43. The fraction of sp³-hybridized carbons (Fsp3) is 0.158. The Labute approximate surface area is 178 Å². The van der Waals surface area contributed by atoms with Crippen LogP contribution in [0.1, 0.15) is 11.1 Å². The first-order chi connectivity index (χ1) is 13.8. The zero-order valence-corrected chi connectivity index (χ0v) is 18.3. The molecule has 0 radical (unpaired) electrons. The lowest BCUT2D eigenvalue weighted by atomic mass is 10.0. The molecule has 0 amide bonds. The summed E-state index contributed by atoms with van der Waals surface area (Å²) in [4.78, 5) is 0.0986. The Bertz CT molecular complexity index is 1240. The summed E-state index contributed by atoms with van der Waals surface area (Å²) in [5, 5.41) is 2.18. The van der Waals surface area contributed by atoms with E-state index in [1.54, 1.807) is 29.6 Å². The zero-order chi connectivity index (χ0) is 20.6. The van der Waals surface area contributed by atoms with Gasteiger partial charge in [0, 0.05) is 23.8 Å². The molecule has 10 heteroatoms. The Morgan fingerprint density at radius 1 is 0.966 bits per heavy atom. The third-order valence-electron chi connectivity index (χ3n) is 4.65. The number of nitrogens with zero attached hydrogens (tertiary/aromatic N) is 1. The summed E-state index contributed by atoms with van der Waals surface area (Å²) in [6.45, 7) is 0.592. The van der Waals surface area contributed by atoms with Crippen LogP contribution < -0.4 is 4.72 Å². The van der Waals surface area contributed by atoms with Crippen LogP contribution in [0.3, 0.4) is 0 Å². The van der Waals surface area contributed by atoms with E-state index in [-0.39, 0.29) is 11.4 Å². The highest BCUT2D eigenvalue weighted by Crippen LogP contribution is 2.29. The molecule has 1 aliphatic rings. The summed E-state index contributed by atoms with van der Waals surface area (Å²) >= 11 is 7.00. The lowest BCUT2D eigenvalue weighted by molar-refractivity contribution is 0.392. The maximum absolute atomic E-state index is 12.8. The van der Waals surface area contributed by atoms with Gasteiger partial charge in [-0.1, -0.05) is 23.7 Å². The van der Waals surface area contributed by atoms with Crippen molar-refractivity contribution in [2.75, 3.05) is 11.3 Å². The molecule has 0 unspecified atom stereocenters. The Balaban J connectivity index is 1.58. The van der Waals surface area contributed by atoms with Crippen molar-refractivity contribution >= 4 is 48.7 Å². The highest BCUT2D eigenvalue weighted by atomic mass is 35.5. The summed E-state index contributed by atoms with van der Waals surface area (Å²) in [5.74, 6) is 0. The Morgan fingerprint density at radius 2 is 1.72 bits per heavy atom. The van der Waals surface area contributed by atoms with Crippen LogP contribution in [0.4, 0.5) is 5.69 Å². The number of anilines is 1. The first kappa shape index (κ1) is 20.4. The molecule has 2 aromatic carbocycles. The molecule has 6 nitrogen and oxygen atoms in total. The number of benzene rings is 2. The third-order valence-corrected chi connectivity index (χ3v) is 9.52. The average molecular weight is 469 g/mol. The number of nitrogens with one attached hydrogen (secondary N) is 1. The lowest BCUT2D eigenvalue weighted by Crippen LogP contribution is -2.35. The number of fused-ring (bicyclic) bond motifs is 1. The van der Waals surface area contributed by atoms with Gasteiger partial charge in [-0.15, -0.1) is 11.3 Å². The molecular weight excluding hydrogens is 452 g/mol. The predicted octanol–water partition coefficient (Wildman–Crippen LogP) is 3.95. The third kappa shape index (κ3) is 4.19. The Morgan fingerprint density at radius 3 is 2.41 bits per heavy atom.